The first-order valence-corrected chi connectivity index (χ1v) is 4.12. The van der Waals surface area contributed by atoms with Crippen LogP contribution in [0.25, 0.3) is 0 Å². The van der Waals surface area contributed by atoms with E-state index in [1.807, 2.05) is 0 Å². The summed E-state index contributed by atoms with van der Waals surface area (Å²) in [6.07, 6.45) is 3.66. The third-order valence-electron chi connectivity index (χ3n) is 1.06. The van der Waals surface area contributed by atoms with E-state index in [-0.39, 0.29) is 0 Å². The number of carbonyl (C=O) groups is 1. The van der Waals surface area contributed by atoms with Crippen LogP contribution in [0.5, 0.6) is 0 Å². The largest absolute Gasteiger partial charge is 0.480 e. The van der Waals surface area contributed by atoms with Gasteiger partial charge in [0.05, 0.1) is 6.61 Å². The summed E-state index contributed by atoms with van der Waals surface area (Å²) in [5.41, 5.74) is 5.17. The molecule has 0 aliphatic heterocycles. The molecule has 0 amide bonds. The summed E-state index contributed by atoms with van der Waals surface area (Å²) < 4.78 is 4.73. The van der Waals surface area contributed by atoms with Crippen molar-refractivity contribution in [3.8, 4) is 0 Å². The molecule has 0 spiro atoms. The monoisotopic (exact) mass is 187 g/mol. The predicted octanol–water partition coefficient (Wildman–Crippen LogP) is 0.0929. The minimum absolute atomic E-state index is 0.448. The van der Waals surface area contributed by atoms with Crippen LogP contribution in [-0.4, -0.2) is 30.8 Å². The van der Waals surface area contributed by atoms with Crippen LogP contribution in [0.1, 0.15) is 6.42 Å². The molecule has 3 N–H and O–H groups in total. The van der Waals surface area contributed by atoms with Crippen LogP contribution in [-0.2, 0) is 8.98 Å². The van der Waals surface area contributed by atoms with Crippen LogP contribution in [0.2, 0.25) is 0 Å². The fourth-order valence-corrected chi connectivity index (χ4v) is 0.682. The minimum atomic E-state index is -1.04. The molecular weight excluding hydrogens is 177 g/mol. The van der Waals surface area contributed by atoms with Crippen molar-refractivity contribution in [2.45, 2.75) is 12.5 Å². The zero-order valence-electron chi connectivity index (χ0n) is 6.47. The maximum atomic E-state index is 10.2. The molecule has 0 aliphatic carbocycles. The van der Waals surface area contributed by atoms with E-state index in [1.165, 1.54) is 6.08 Å². The molecule has 0 aromatic heterocycles. The van der Waals surface area contributed by atoms with E-state index in [4.69, 9.17) is 22.1 Å². The lowest BCUT2D eigenvalue weighted by Crippen LogP contribution is -2.27. The van der Waals surface area contributed by atoms with Crippen LogP contribution in [0.4, 0.5) is 0 Å². The second kappa shape index (κ2) is 7.21. The first-order chi connectivity index (χ1) is 5.68. The molecule has 0 bridgehead atoms. The zero-order chi connectivity index (χ0) is 9.40. The average molecular weight is 187 g/mol. The summed E-state index contributed by atoms with van der Waals surface area (Å²) in [6.45, 7) is 0.448. The topological polar surface area (TPSA) is 72.5 Å². The fraction of sp³-hybridized carbons (Fsp3) is 0.500. The number of hydrogen-bond acceptors (Lipinski definition) is 4. The van der Waals surface area contributed by atoms with Crippen molar-refractivity contribution in [1.29, 1.82) is 0 Å². The summed E-state index contributed by atoms with van der Waals surface area (Å²) in [5, 5.41) is 8.35. The van der Waals surface area contributed by atoms with Gasteiger partial charge >= 0.3 is 5.97 Å². The van der Waals surface area contributed by atoms with Crippen LogP contribution in [0.15, 0.2) is 12.2 Å². The van der Waals surface area contributed by atoms with Crippen LogP contribution < -0.4 is 5.73 Å². The molecule has 12 heavy (non-hydrogen) atoms. The Labute approximate surface area is 76.7 Å². The molecule has 0 rings (SSSR count). The van der Waals surface area contributed by atoms with E-state index in [9.17, 15) is 4.79 Å². The van der Waals surface area contributed by atoms with Crippen LogP contribution >= 0.6 is 11.9 Å². The minimum Gasteiger partial charge on any atom is -0.480 e. The van der Waals surface area contributed by atoms with Crippen molar-refractivity contribution >= 4 is 25.0 Å². The van der Waals surface area contributed by atoms with Crippen molar-refractivity contribution in [3.63, 3.8) is 0 Å². The van der Waals surface area contributed by atoms with Crippen molar-refractivity contribution in [2.24, 2.45) is 5.73 Å². The van der Waals surface area contributed by atoms with Crippen molar-refractivity contribution < 1.29 is 14.1 Å². The number of nitrogens with two attached hydrogens (primary N) is 1. The summed E-state index contributed by atoms with van der Waals surface area (Å²) >= 11 is 0.785. The van der Waals surface area contributed by atoms with Gasteiger partial charge in [0.2, 0.25) is 7.12 Å². The first-order valence-electron chi connectivity index (χ1n) is 3.32. The van der Waals surface area contributed by atoms with Gasteiger partial charge in [0.15, 0.2) is 0 Å². The molecular formula is C6H10BNO3S. The highest BCUT2D eigenvalue weighted by Gasteiger charge is 2.04. The quantitative estimate of drug-likeness (QED) is 0.267. The standard InChI is InChI=1S/C6H10BNO3S/c7-12-11-4-2-1-3-5(8)6(9)10/h1,3,5H,2,4,8H2,(H,9,10)/b3-1+. The third-order valence-corrected chi connectivity index (χ3v) is 1.37. The molecule has 2 radical (unpaired) electrons. The molecule has 0 aliphatic rings. The summed E-state index contributed by atoms with van der Waals surface area (Å²) in [5.74, 6) is -1.04. The second-order valence-electron chi connectivity index (χ2n) is 2.00. The fourth-order valence-electron chi connectivity index (χ4n) is 0.489. The highest BCUT2D eigenvalue weighted by Crippen LogP contribution is 1.95. The lowest BCUT2D eigenvalue weighted by molar-refractivity contribution is -0.137. The molecule has 0 aromatic carbocycles. The Balaban J connectivity index is 3.41. The molecule has 0 heterocycles. The highest BCUT2D eigenvalue weighted by atomic mass is 32.2. The number of carboxylic acids is 1. The number of hydrogen-bond donors (Lipinski definition) is 2. The maximum absolute atomic E-state index is 10.2. The Kier molecular flexibility index (Phi) is 6.93. The Morgan fingerprint density at radius 1 is 1.83 bits per heavy atom. The summed E-state index contributed by atoms with van der Waals surface area (Å²) in [4.78, 5) is 10.2. The smallest absolute Gasteiger partial charge is 0.324 e. The van der Waals surface area contributed by atoms with E-state index >= 15 is 0 Å². The molecule has 1 atom stereocenters. The lowest BCUT2D eigenvalue weighted by atomic mass is 10.2. The van der Waals surface area contributed by atoms with Crippen molar-refractivity contribution in [1.82, 2.24) is 0 Å². The van der Waals surface area contributed by atoms with Gasteiger partial charge in [-0.25, -0.2) is 0 Å². The molecule has 0 fully saturated rings. The van der Waals surface area contributed by atoms with Crippen molar-refractivity contribution in [3.05, 3.63) is 12.2 Å². The summed E-state index contributed by atoms with van der Waals surface area (Å²) in [6, 6.07) is -0.935. The summed E-state index contributed by atoms with van der Waals surface area (Å²) in [7, 11) is 4.97. The Morgan fingerprint density at radius 3 is 3.00 bits per heavy atom. The van der Waals surface area contributed by atoms with Crippen LogP contribution in [0.3, 0.4) is 0 Å². The van der Waals surface area contributed by atoms with E-state index in [0.29, 0.717) is 13.0 Å². The highest BCUT2D eigenvalue weighted by molar-refractivity contribution is 8.15. The van der Waals surface area contributed by atoms with Crippen molar-refractivity contribution in [2.75, 3.05) is 6.61 Å². The second-order valence-corrected chi connectivity index (χ2v) is 2.43. The van der Waals surface area contributed by atoms with Gasteiger partial charge in [-0.2, -0.15) is 0 Å². The molecule has 0 saturated carbocycles. The number of rotatable bonds is 6. The predicted molar refractivity (Wildman–Crippen MR) is 48.7 cm³/mol. The Bertz CT molecular complexity index is 165. The molecule has 0 aromatic rings. The molecule has 4 nitrogen and oxygen atoms in total. The maximum Gasteiger partial charge on any atom is 0.324 e. The molecule has 6 heteroatoms. The molecule has 66 valence electrons. The van der Waals surface area contributed by atoms with Gasteiger partial charge in [0.25, 0.3) is 0 Å². The lowest BCUT2D eigenvalue weighted by Gasteiger charge is -1.98. The zero-order valence-corrected chi connectivity index (χ0v) is 7.29. The van der Waals surface area contributed by atoms with Gasteiger partial charge in [-0.1, -0.05) is 24.0 Å². The molecule has 1 unspecified atom stereocenters. The number of aliphatic carboxylic acids is 1. The SMILES string of the molecule is [B]SOCC/C=C/C(N)C(=O)O. The van der Waals surface area contributed by atoms with Gasteiger partial charge in [-0.05, 0) is 6.42 Å². The van der Waals surface area contributed by atoms with E-state index < -0.39 is 12.0 Å². The molecule has 0 saturated heterocycles. The van der Waals surface area contributed by atoms with E-state index in [2.05, 4.69) is 0 Å². The third kappa shape index (κ3) is 6.27. The first kappa shape index (κ1) is 11.5. The van der Waals surface area contributed by atoms with Gasteiger partial charge in [0, 0.05) is 0 Å². The van der Waals surface area contributed by atoms with E-state index in [0.717, 1.165) is 11.9 Å². The average Bonchev–Trinajstić information content (AvgIpc) is 2.03. The normalized spacial score (nSPS) is 13.4. The van der Waals surface area contributed by atoms with Gasteiger partial charge < -0.3 is 15.0 Å². The van der Waals surface area contributed by atoms with Crippen LogP contribution in [0, 0.1) is 0 Å². The Morgan fingerprint density at radius 2 is 2.50 bits per heavy atom. The van der Waals surface area contributed by atoms with Gasteiger partial charge in [-0.15, -0.1) is 0 Å². The van der Waals surface area contributed by atoms with E-state index in [1.54, 1.807) is 6.08 Å². The number of carboxylic acid groups (broad SMARTS) is 1. The van der Waals surface area contributed by atoms with Gasteiger partial charge in [0.1, 0.15) is 6.04 Å². The Hall–Kier alpha value is -0.455. The van der Waals surface area contributed by atoms with Gasteiger partial charge in [-0.3, -0.25) is 4.79 Å².